The maximum atomic E-state index is 13.3. The highest BCUT2D eigenvalue weighted by atomic mass is 19.1. The van der Waals surface area contributed by atoms with E-state index in [1.165, 1.54) is 6.07 Å². The summed E-state index contributed by atoms with van der Waals surface area (Å²) in [4.78, 5) is 13.4. The third-order valence-corrected chi connectivity index (χ3v) is 3.14. The van der Waals surface area contributed by atoms with Crippen molar-refractivity contribution in [3.05, 3.63) is 35.6 Å². The predicted octanol–water partition coefficient (Wildman–Crippen LogP) is 1.11. The van der Waals surface area contributed by atoms with E-state index in [-0.39, 0.29) is 17.9 Å². The second-order valence-electron chi connectivity index (χ2n) is 4.57. The van der Waals surface area contributed by atoms with Crippen molar-refractivity contribution in [3.63, 3.8) is 0 Å². The minimum Gasteiger partial charge on any atom is -0.338 e. The van der Waals surface area contributed by atoms with Gasteiger partial charge >= 0.3 is 6.03 Å². The number of rotatable bonds is 3. The lowest BCUT2D eigenvalue weighted by Gasteiger charge is -2.16. The van der Waals surface area contributed by atoms with Crippen LogP contribution in [0.25, 0.3) is 0 Å². The molecule has 1 heterocycles. The van der Waals surface area contributed by atoms with E-state index in [1.54, 1.807) is 23.1 Å². The van der Waals surface area contributed by atoms with Crippen LogP contribution in [-0.4, -0.2) is 36.6 Å². The topological polar surface area (TPSA) is 58.4 Å². The van der Waals surface area contributed by atoms with Gasteiger partial charge in [0.2, 0.25) is 0 Å². The standard InChI is InChI=1S/C13H18FN3O/c14-12-4-2-1-3-10(12)5-7-16-13(18)17-8-6-11(15)9-17/h1-4,11H,5-9,15H2,(H,16,18). The number of hydrogen-bond acceptors (Lipinski definition) is 2. The van der Waals surface area contributed by atoms with Crippen molar-refractivity contribution in [2.45, 2.75) is 18.9 Å². The molecule has 0 aromatic heterocycles. The van der Waals surface area contributed by atoms with Crippen LogP contribution in [0.4, 0.5) is 9.18 Å². The highest BCUT2D eigenvalue weighted by molar-refractivity contribution is 5.74. The Kier molecular flexibility index (Phi) is 4.15. The molecule has 1 aliphatic heterocycles. The average molecular weight is 251 g/mol. The van der Waals surface area contributed by atoms with E-state index in [1.807, 2.05) is 0 Å². The quantitative estimate of drug-likeness (QED) is 0.845. The zero-order valence-electron chi connectivity index (χ0n) is 10.2. The van der Waals surface area contributed by atoms with Crippen LogP contribution < -0.4 is 11.1 Å². The van der Waals surface area contributed by atoms with Crippen LogP contribution in [-0.2, 0) is 6.42 Å². The lowest BCUT2D eigenvalue weighted by molar-refractivity contribution is 0.208. The number of likely N-dealkylation sites (tertiary alicyclic amines) is 1. The minimum atomic E-state index is -0.227. The Bertz CT molecular complexity index is 424. The van der Waals surface area contributed by atoms with Crippen molar-refractivity contribution in [3.8, 4) is 0 Å². The summed E-state index contributed by atoms with van der Waals surface area (Å²) in [7, 11) is 0. The molecule has 98 valence electrons. The number of halogens is 1. The van der Waals surface area contributed by atoms with Crippen LogP contribution in [0.15, 0.2) is 24.3 Å². The SMILES string of the molecule is NC1CCN(C(=O)NCCc2ccccc2F)C1. The number of hydrogen-bond donors (Lipinski definition) is 2. The molecule has 5 heteroatoms. The van der Waals surface area contributed by atoms with Gasteiger partial charge in [0.15, 0.2) is 0 Å². The molecule has 2 amide bonds. The number of carbonyl (C=O) groups excluding carboxylic acids is 1. The Balaban J connectivity index is 1.75. The average Bonchev–Trinajstić information content (AvgIpc) is 2.78. The van der Waals surface area contributed by atoms with E-state index in [4.69, 9.17) is 5.73 Å². The molecular formula is C13H18FN3O. The Morgan fingerprint density at radius 2 is 2.28 bits per heavy atom. The van der Waals surface area contributed by atoms with Crippen molar-refractivity contribution in [2.24, 2.45) is 5.73 Å². The summed E-state index contributed by atoms with van der Waals surface area (Å²) in [6.45, 7) is 1.74. The van der Waals surface area contributed by atoms with Gasteiger partial charge in [-0.2, -0.15) is 0 Å². The van der Waals surface area contributed by atoms with Crippen LogP contribution in [0.1, 0.15) is 12.0 Å². The lowest BCUT2D eigenvalue weighted by atomic mass is 10.1. The summed E-state index contributed by atoms with van der Waals surface area (Å²) in [5.41, 5.74) is 6.35. The van der Waals surface area contributed by atoms with Crippen molar-refractivity contribution < 1.29 is 9.18 Å². The van der Waals surface area contributed by atoms with Crippen LogP contribution in [0.2, 0.25) is 0 Å². The molecule has 1 aliphatic rings. The van der Waals surface area contributed by atoms with E-state index >= 15 is 0 Å². The number of amides is 2. The van der Waals surface area contributed by atoms with Gasteiger partial charge in [0.25, 0.3) is 0 Å². The number of carbonyl (C=O) groups is 1. The molecule has 1 aromatic carbocycles. The summed E-state index contributed by atoms with van der Waals surface area (Å²) in [6.07, 6.45) is 1.35. The second-order valence-corrected chi connectivity index (χ2v) is 4.57. The van der Waals surface area contributed by atoms with Gasteiger partial charge in [0.1, 0.15) is 5.82 Å². The van der Waals surface area contributed by atoms with Gasteiger partial charge in [-0.3, -0.25) is 0 Å². The smallest absolute Gasteiger partial charge is 0.317 e. The predicted molar refractivity (Wildman–Crippen MR) is 67.7 cm³/mol. The first-order chi connectivity index (χ1) is 8.66. The van der Waals surface area contributed by atoms with Gasteiger partial charge in [-0.15, -0.1) is 0 Å². The maximum absolute atomic E-state index is 13.3. The molecule has 1 atom stereocenters. The molecule has 0 spiro atoms. The van der Waals surface area contributed by atoms with Gasteiger partial charge < -0.3 is 16.0 Å². The van der Waals surface area contributed by atoms with E-state index in [0.29, 0.717) is 31.6 Å². The fourth-order valence-electron chi connectivity index (χ4n) is 2.09. The molecule has 1 aromatic rings. The van der Waals surface area contributed by atoms with E-state index in [2.05, 4.69) is 5.32 Å². The van der Waals surface area contributed by atoms with Crippen molar-refractivity contribution in [1.82, 2.24) is 10.2 Å². The normalized spacial score (nSPS) is 19.0. The largest absolute Gasteiger partial charge is 0.338 e. The molecule has 0 radical (unpaired) electrons. The number of nitrogens with one attached hydrogen (secondary N) is 1. The van der Waals surface area contributed by atoms with Gasteiger partial charge in [-0.25, -0.2) is 9.18 Å². The van der Waals surface area contributed by atoms with Crippen LogP contribution in [0, 0.1) is 5.82 Å². The summed E-state index contributed by atoms with van der Waals surface area (Å²) in [6, 6.07) is 6.58. The first kappa shape index (κ1) is 12.8. The first-order valence-corrected chi connectivity index (χ1v) is 6.18. The summed E-state index contributed by atoms with van der Waals surface area (Å²) in [5.74, 6) is -0.227. The molecule has 0 bridgehead atoms. The highest BCUT2D eigenvalue weighted by Crippen LogP contribution is 2.08. The van der Waals surface area contributed by atoms with E-state index < -0.39 is 0 Å². The number of urea groups is 1. The molecule has 1 unspecified atom stereocenters. The first-order valence-electron chi connectivity index (χ1n) is 6.18. The molecule has 2 rings (SSSR count). The van der Waals surface area contributed by atoms with Crippen LogP contribution >= 0.6 is 0 Å². The van der Waals surface area contributed by atoms with Crippen molar-refractivity contribution in [1.29, 1.82) is 0 Å². The molecule has 1 saturated heterocycles. The highest BCUT2D eigenvalue weighted by Gasteiger charge is 2.22. The molecule has 0 saturated carbocycles. The third-order valence-electron chi connectivity index (χ3n) is 3.14. The minimum absolute atomic E-state index is 0.0855. The molecule has 1 fully saturated rings. The van der Waals surface area contributed by atoms with Gasteiger partial charge in [-0.05, 0) is 24.5 Å². The fourth-order valence-corrected chi connectivity index (χ4v) is 2.09. The van der Waals surface area contributed by atoms with E-state index in [0.717, 1.165) is 6.42 Å². The fraction of sp³-hybridized carbons (Fsp3) is 0.462. The molecule has 18 heavy (non-hydrogen) atoms. The Morgan fingerprint density at radius 3 is 2.94 bits per heavy atom. The van der Waals surface area contributed by atoms with Gasteiger partial charge in [0.05, 0.1) is 0 Å². The number of nitrogens with two attached hydrogens (primary N) is 1. The van der Waals surface area contributed by atoms with Gasteiger partial charge in [0, 0.05) is 25.7 Å². The van der Waals surface area contributed by atoms with Crippen LogP contribution in [0.3, 0.4) is 0 Å². The third kappa shape index (κ3) is 3.20. The summed E-state index contributed by atoms with van der Waals surface area (Å²) in [5, 5.41) is 2.79. The Hall–Kier alpha value is -1.62. The summed E-state index contributed by atoms with van der Waals surface area (Å²) < 4.78 is 13.3. The monoisotopic (exact) mass is 251 g/mol. The Morgan fingerprint density at radius 1 is 1.50 bits per heavy atom. The molecule has 3 N–H and O–H groups in total. The van der Waals surface area contributed by atoms with Crippen molar-refractivity contribution >= 4 is 6.03 Å². The zero-order chi connectivity index (χ0) is 13.0. The molecule has 0 aliphatic carbocycles. The number of nitrogens with zero attached hydrogens (tertiary/aromatic N) is 1. The summed E-state index contributed by atoms with van der Waals surface area (Å²) >= 11 is 0. The van der Waals surface area contributed by atoms with E-state index in [9.17, 15) is 9.18 Å². The van der Waals surface area contributed by atoms with Gasteiger partial charge in [-0.1, -0.05) is 18.2 Å². The number of benzene rings is 1. The second kappa shape index (κ2) is 5.82. The van der Waals surface area contributed by atoms with Crippen LogP contribution in [0.5, 0.6) is 0 Å². The molecular weight excluding hydrogens is 233 g/mol. The zero-order valence-corrected chi connectivity index (χ0v) is 10.2. The maximum Gasteiger partial charge on any atom is 0.317 e. The molecule has 4 nitrogen and oxygen atoms in total. The van der Waals surface area contributed by atoms with Crippen molar-refractivity contribution in [2.75, 3.05) is 19.6 Å². The lowest BCUT2D eigenvalue weighted by Crippen LogP contribution is -2.40. The Labute approximate surface area is 106 Å².